The van der Waals surface area contributed by atoms with E-state index < -0.39 is 0 Å². The van der Waals surface area contributed by atoms with Crippen LogP contribution in [0.5, 0.6) is 0 Å². The van der Waals surface area contributed by atoms with E-state index in [2.05, 4.69) is 46.5 Å². The molecule has 0 radical (unpaired) electrons. The van der Waals surface area contributed by atoms with Crippen LogP contribution >= 0.6 is 11.8 Å². The summed E-state index contributed by atoms with van der Waals surface area (Å²) in [5.74, 6) is 1.63. The van der Waals surface area contributed by atoms with Crippen molar-refractivity contribution in [3.05, 3.63) is 77.9 Å². The highest BCUT2D eigenvalue weighted by Gasteiger charge is 2.13. The van der Waals surface area contributed by atoms with Crippen LogP contribution < -0.4 is 0 Å². The highest BCUT2D eigenvalue weighted by molar-refractivity contribution is 7.98. The molecule has 0 fully saturated rings. The molecular formula is C20H18N4S. The number of rotatable bonds is 6. The van der Waals surface area contributed by atoms with Gasteiger partial charge in [0.15, 0.2) is 11.0 Å². The predicted molar refractivity (Wildman–Crippen MR) is 101 cm³/mol. The van der Waals surface area contributed by atoms with E-state index in [1.165, 1.54) is 5.56 Å². The van der Waals surface area contributed by atoms with E-state index in [4.69, 9.17) is 5.26 Å². The van der Waals surface area contributed by atoms with Crippen LogP contribution in [0.1, 0.15) is 16.7 Å². The molecule has 25 heavy (non-hydrogen) atoms. The van der Waals surface area contributed by atoms with Crippen LogP contribution in [0.3, 0.4) is 0 Å². The molecule has 1 heterocycles. The van der Waals surface area contributed by atoms with Crippen LogP contribution in [0.25, 0.3) is 11.4 Å². The molecule has 0 atom stereocenters. The summed E-state index contributed by atoms with van der Waals surface area (Å²) >= 11 is 1.63. The molecule has 2 aromatic carbocycles. The van der Waals surface area contributed by atoms with Gasteiger partial charge in [-0.3, -0.25) is 4.57 Å². The van der Waals surface area contributed by atoms with E-state index >= 15 is 0 Å². The van der Waals surface area contributed by atoms with Gasteiger partial charge in [-0.15, -0.1) is 16.8 Å². The quantitative estimate of drug-likeness (QED) is 0.483. The molecular weight excluding hydrogens is 328 g/mol. The second-order valence-electron chi connectivity index (χ2n) is 5.67. The third-order valence-electron chi connectivity index (χ3n) is 3.76. The third-order valence-corrected chi connectivity index (χ3v) is 4.79. The van der Waals surface area contributed by atoms with E-state index in [0.29, 0.717) is 12.1 Å². The average molecular weight is 346 g/mol. The molecule has 3 rings (SSSR count). The SMILES string of the molecule is C=CCn1c(SCc2ccc(C#N)cc2)nnc1-c1cccc(C)c1. The number of hydrogen-bond acceptors (Lipinski definition) is 4. The second kappa shape index (κ2) is 7.82. The topological polar surface area (TPSA) is 54.5 Å². The van der Waals surface area contributed by atoms with Gasteiger partial charge in [0.2, 0.25) is 0 Å². The standard InChI is InChI=1S/C20H18N4S/c1-3-11-24-19(18-6-4-5-15(2)12-18)22-23-20(24)25-14-17-9-7-16(13-21)8-10-17/h3-10,12H,1,11,14H2,2H3. The van der Waals surface area contributed by atoms with Crippen LogP contribution in [0.15, 0.2) is 66.3 Å². The highest BCUT2D eigenvalue weighted by Crippen LogP contribution is 2.27. The molecule has 0 unspecified atom stereocenters. The maximum Gasteiger partial charge on any atom is 0.192 e. The second-order valence-corrected chi connectivity index (χ2v) is 6.61. The van der Waals surface area contributed by atoms with Gasteiger partial charge in [0.25, 0.3) is 0 Å². The van der Waals surface area contributed by atoms with Crippen molar-refractivity contribution in [3.8, 4) is 17.5 Å². The molecule has 0 N–H and O–H groups in total. The van der Waals surface area contributed by atoms with Crippen molar-refractivity contribution in [2.75, 3.05) is 0 Å². The van der Waals surface area contributed by atoms with Crippen LogP contribution in [0.2, 0.25) is 0 Å². The Morgan fingerprint density at radius 1 is 1.20 bits per heavy atom. The highest BCUT2D eigenvalue weighted by atomic mass is 32.2. The number of allylic oxidation sites excluding steroid dienone is 1. The molecule has 4 nitrogen and oxygen atoms in total. The number of aryl methyl sites for hydroxylation is 1. The van der Waals surface area contributed by atoms with Crippen molar-refractivity contribution in [1.82, 2.24) is 14.8 Å². The summed E-state index contributed by atoms with van der Waals surface area (Å²) in [5, 5.41) is 18.5. The smallest absolute Gasteiger partial charge is 0.192 e. The lowest BCUT2D eigenvalue weighted by Crippen LogP contribution is -2.00. The Kier molecular flexibility index (Phi) is 5.32. The molecule has 0 amide bonds. The Morgan fingerprint density at radius 2 is 2.00 bits per heavy atom. The minimum absolute atomic E-state index is 0.659. The lowest BCUT2D eigenvalue weighted by Gasteiger charge is -2.08. The van der Waals surface area contributed by atoms with Crippen LogP contribution in [0.4, 0.5) is 0 Å². The first kappa shape index (κ1) is 17.0. The fourth-order valence-corrected chi connectivity index (χ4v) is 3.41. The fourth-order valence-electron chi connectivity index (χ4n) is 2.51. The van der Waals surface area contributed by atoms with E-state index in [9.17, 15) is 0 Å². The van der Waals surface area contributed by atoms with Gasteiger partial charge in [-0.25, -0.2) is 0 Å². The first-order valence-corrected chi connectivity index (χ1v) is 8.93. The van der Waals surface area contributed by atoms with Crippen LogP contribution in [-0.2, 0) is 12.3 Å². The summed E-state index contributed by atoms with van der Waals surface area (Å²) in [5.41, 5.74) is 4.07. The Bertz CT molecular complexity index is 920. The molecule has 0 aliphatic carbocycles. The Hall–Kier alpha value is -2.84. The average Bonchev–Trinajstić information content (AvgIpc) is 3.03. The minimum atomic E-state index is 0.659. The van der Waals surface area contributed by atoms with Crippen molar-refractivity contribution < 1.29 is 0 Å². The summed E-state index contributed by atoms with van der Waals surface area (Å²) < 4.78 is 2.08. The third kappa shape index (κ3) is 3.98. The van der Waals surface area contributed by atoms with Gasteiger partial charge in [-0.2, -0.15) is 5.26 Å². The zero-order valence-corrected chi connectivity index (χ0v) is 14.8. The fraction of sp³-hybridized carbons (Fsp3) is 0.150. The molecule has 0 bridgehead atoms. The minimum Gasteiger partial charge on any atom is -0.298 e. The predicted octanol–water partition coefficient (Wildman–Crippen LogP) is 4.60. The van der Waals surface area contributed by atoms with Crippen molar-refractivity contribution in [2.24, 2.45) is 0 Å². The normalized spacial score (nSPS) is 10.4. The lowest BCUT2D eigenvalue weighted by atomic mass is 10.1. The molecule has 5 heteroatoms. The summed E-state index contributed by atoms with van der Waals surface area (Å²) in [6.45, 7) is 6.58. The molecule has 0 aliphatic heterocycles. The molecule has 0 saturated carbocycles. The maximum atomic E-state index is 8.88. The van der Waals surface area contributed by atoms with Crippen molar-refractivity contribution in [3.63, 3.8) is 0 Å². The summed E-state index contributed by atoms with van der Waals surface area (Å²) in [6.07, 6.45) is 1.86. The van der Waals surface area contributed by atoms with Crippen LogP contribution in [-0.4, -0.2) is 14.8 Å². The largest absolute Gasteiger partial charge is 0.298 e. The van der Waals surface area contributed by atoms with E-state index in [1.54, 1.807) is 11.8 Å². The monoisotopic (exact) mass is 346 g/mol. The van der Waals surface area contributed by atoms with E-state index in [0.717, 1.165) is 27.9 Å². The van der Waals surface area contributed by atoms with Crippen molar-refractivity contribution in [1.29, 1.82) is 5.26 Å². The van der Waals surface area contributed by atoms with Gasteiger partial charge < -0.3 is 0 Å². The number of benzene rings is 2. The van der Waals surface area contributed by atoms with Gasteiger partial charge in [0.05, 0.1) is 11.6 Å². The Labute approximate surface area is 151 Å². The Morgan fingerprint density at radius 3 is 2.68 bits per heavy atom. The zero-order chi connectivity index (χ0) is 17.6. The van der Waals surface area contributed by atoms with Gasteiger partial charge in [-0.1, -0.05) is 53.7 Å². The van der Waals surface area contributed by atoms with Gasteiger partial charge in [-0.05, 0) is 30.7 Å². The summed E-state index contributed by atoms with van der Waals surface area (Å²) in [6, 6.07) is 18.0. The summed E-state index contributed by atoms with van der Waals surface area (Å²) in [7, 11) is 0. The lowest BCUT2D eigenvalue weighted by molar-refractivity contribution is 0.731. The van der Waals surface area contributed by atoms with Crippen molar-refractivity contribution in [2.45, 2.75) is 24.4 Å². The van der Waals surface area contributed by atoms with Crippen LogP contribution in [0, 0.1) is 18.3 Å². The first-order chi connectivity index (χ1) is 12.2. The number of hydrogen-bond donors (Lipinski definition) is 0. The van der Waals surface area contributed by atoms with E-state index in [-0.39, 0.29) is 0 Å². The van der Waals surface area contributed by atoms with Gasteiger partial charge in [0, 0.05) is 17.9 Å². The number of aromatic nitrogens is 3. The van der Waals surface area contributed by atoms with Gasteiger partial charge in [0.1, 0.15) is 0 Å². The molecule has 0 saturated heterocycles. The Balaban J connectivity index is 1.83. The molecule has 3 aromatic rings. The summed E-state index contributed by atoms with van der Waals surface area (Å²) in [4.78, 5) is 0. The number of nitrogens with zero attached hydrogens (tertiary/aromatic N) is 4. The molecule has 124 valence electrons. The van der Waals surface area contributed by atoms with E-state index in [1.807, 2.05) is 42.5 Å². The molecule has 1 aromatic heterocycles. The molecule has 0 spiro atoms. The maximum absolute atomic E-state index is 8.88. The van der Waals surface area contributed by atoms with Crippen molar-refractivity contribution >= 4 is 11.8 Å². The number of thioether (sulfide) groups is 1. The molecule has 0 aliphatic rings. The number of nitriles is 1. The zero-order valence-electron chi connectivity index (χ0n) is 14.0. The first-order valence-electron chi connectivity index (χ1n) is 7.94. The van der Waals surface area contributed by atoms with Gasteiger partial charge >= 0.3 is 0 Å².